The van der Waals surface area contributed by atoms with Gasteiger partial charge in [-0.3, -0.25) is 4.79 Å². The normalized spacial score (nSPS) is 17.4. The number of halogens is 3. The molecule has 1 amide bonds. The fourth-order valence-corrected chi connectivity index (χ4v) is 2.57. The van der Waals surface area contributed by atoms with Crippen molar-refractivity contribution in [2.45, 2.75) is 18.8 Å². The summed E-state index contributed by atoms with van der Waals surface area (Å²) in [5.74, 6) is 0.680. The maximum Gasteiger partial charge on any atom is 0.416 e. The van der Waals surface area contributed by atoms with Crippen molar-refractivity contribution in [3.05, 3.63) is 59.7 Å². The van der Waals surface area contributed by atoms with Gasteiger partial charge in [0.05, 0.1) is 18.8 Å². The van der Waals surface area contributed by atoms with Crippen molar-refractivity contribution in [1.82, 2.24) is 10.6 Å². The molecule has 27 heavy (non-hydrogen) atoms. The van der Waals surface area contributed by atoms with Gasteiger partial charge in [0.15, 0.2) is 0 Å². The number of carbonyl (C=O) groups excluding carboxylic acids is 1. The molecule has 2 aromatic carbocycles. The number of morpholine rings is 1. The predicted molar refractivity (Wildman–Crippen MR) is 92.4 cm³/mol. The van der Waals surface area contributed by atoms with Gasteiger partial charge < -0.3 is 20.1 Å². The molecule has 144 valence electrons. The monoisotopic (exact) mass is 380 g/mol. The van der Waals surface area contributed by atoms with Crippen molar-refractivity contribution in [1.29, 1.82) is 0 Å². The SMILES string of the molecule is O=C(NCc1ccc(Oc2ccc(C(F)(F)F)cc2)cc1)C1COCCN1. The molecule has 1 aliphatic rings. The van der Waals surface area contributed by atoms with E-state index in [1.165, 1.54) is 12.1 Å². The average molecular weight is 380 g/mol. The lowest BCUT2D eigenvalue weighted by Crippen LogP contribution is -2.51. The molecular formula is C19H19F3N2O3. The minimum Gasteiger partial charge on any atom is -0.457 e. The van der Waals surface area contributed by atoms with Crippen LogP contribution in [0.2, 0.25) is 0 Å². The van der Waals surface area contributed by atoms with Crippen LogP contribution in [0.3, 0.4) is 0 Å². The van der Waals surface area contributed by atoms with Crippen LogP contribution in [0.4, 0.5) is 13.2 Å². The van der Waals surface area contributed by atoms with Gasteiger partial charge in [-0.05, 0) is 42.0 Å². The van der Waals surface area contributed by atoms with E-state index >= 15 is 0 Å². The Kier molecular flexibility index (Phi) is 5.98. The molecule has 1 atom stereocenters. The van der Waals surface area contributed by atoms with Crippen LogP contribution in [0.25, 0.3) is 0 Å². The van der Waals surface area contributed by atoms with Crippen LogP contribution in [0.5, 0.6) is 11.5 Å². The number of benzene rings is 2. The van der Waals surface area contributed by atoms with Crippen molar-refractivity contribution in [3.63, 3.8) is 0 Å². The van der Waals surface area contributed by atoms with Crippen molar-refractivity contribution >= 4 is 5.91 Å². The van der Waals surface area contributed by atoms with Crippen LogP contribution in [-0.2, 0) is 22.3 Å². The number of rotatable bonds is 5. The van der Waals surface area contributed by atoms with Gasteiger partial charge >= 0.3 is 6.18 Å². The van der Waals surface area contributed by atoms with Crippen molar-refractivity contribution < 1.29 is 27.4 Å². The molecule has 1 fully saturated rings. The van der Waals surface area contributed by atoms with E-state index in [-0.39, 0.29) is 11.9 Å². The highest BCUT2D eigenvalue weighted by atomic mass is 19.4. The Balaban J connectivity index is 1.52. The standard InChI is InChI=1S/C19H19F3N2O3/c20-19(21,22)14-3-7-16(8-4-14)27-15-5-1-13(2-6-15)11-24-18(25)17-12-26-10-9-23-17/h1-8,17,23H,9-12H2,(H,24,25). The summed E-state index contributed by atoms with van der Waals surface area (Å²) >= 11 is 0. The second-order valence-electron chi connectivity index (χ2n) is 6.07. The van der Waals surface area contributed by atoms with Crippen LogP contribution in [-0.4, -0.2) is 31.7 Å². The van der Waals surface area contributed by atoms with E-state index in [1.54, 1.807) is 24.3 Å². The van der Waals surface area contributed by atoms with E-state index in [9.17, 15) is 18.0 Å². The van der Waals surface area contributed by atoms with E-state index < -0.39 is 11.7 Å². The fraction of sp³-hybridized carbons (Fsp3) is 0.316. The van der Waals surface area contributed by atoms with Crippen molar-refractivity contribution in [3.8, 4) is 11.5 Å². The van der Waals surface area contributed by atoms with E-state index in [4.69, 9.17) is 9.47 Å². The molecule has 2 aromatic rings. The number of alkyl halides is 3. The van der Waals surface area contributed by atoms with E-state index in [0.717, 1.165) is 17.7 Å². The van der Waals surface area contributed by atoms with Gasteiger partial charge in [0, 0.05) is 13.1 Å². The second-order valence-corrected chi connectivity index (χ2v) is 6.07. The Morgan fingerprint density at radius 3 is 2.30 bits per heavy atom. The maximum atomic E-state index is 12.6. The molecule has 2 N–H and O–H groups in total. The molecule has 0 aliphatic carbocycles. The van der Waals surface area contributed by atoms with Crippen LogP contribution < -0.4 is 15.4 Å². The lowest BCUT2D eigenvalue weighted by molar-refractivity contribution is -0.137. The second kappa shape index (κ2) is 8.41. The third-order valence-electron chi connectivity index (χ3n) is 4.05. The molecule has 3 rings (SSSR count). The van der Waals surface area contributed by atoms with E-state index in [0.29, 0.717) is 37.8 Å². The lowest BCUT2D eigenvalue weighted by atomic mass is 10.2. The molecule has 1 heterocycles. The smallest absolute Gasteiger partial charge is 0.416 e. The summed E-state index contributed by atoms with van der Waals surface area (Å²) in [5, 5.41) is 5.91. The Labute approximate surface area is 154 Å². The van der Waals surface area contributed by atoms with E-state index in [1.807, 2.05) is 0 Å². The zero-order chi connectivity index (χ0) is 19.3. The first kappa shape index (κ1) is 19.2. The molecule has 0 radical (unpaired) electrons. The van der Waals surface area contributed by atoms with Crippen LogP contribution in [0.15, 0.2) is 48.5 Å². The molecule has 0 bridgehead atoms. The summed E-state index contributed by atoms with van der Waals surface area (Å²) in [6, 6.07) is 11.1. The molecule has 0 saturated carbocycles. The predicted octanol–water partition coefficient (Wildman–Crippen LogP) is 3.10. The number of amides is 1. The summed E-state index contributed by atoms with van der Waals surface area (Å²) in [6.07, 6.45) is -4.37. The molecule has 8 heteroatoms. The molecular weight excluding hydrogens is 361 g/mol. The van der Waals surface area contributed by atoms with Gasteiger partial charge in [-0.25, -0.2) is 0 Å². The summed E-state index contributed by atoms with van der Waals surface area (Å²) in [7, 11) is 0. The maximum absolute atomic E-state index is 12.6. The van der Waals surface area contributed by atoms with Gasteiger partial charge in [-0.2, -0.15) is 13.2 Å². The third-order valence-corrected chi connectivity index (χ3v) is 4.05. The molecule has 1 unspecified atom stereocenters. The first-order chi connectivity index (χ1) is 12.9. The molecule has 0 spiro atoms. The molecule has 1 aliphatic heterocycles. The topological polar surface area (TPSA) is 59.6 Å². The van der Waals surface area contributed by atoms with Gasteiger partial charge in [0.2, 0.25) is 5.91 Å². The van der Waals surface area contributed by atoms with Crippen LogP contribution in [0, 0.1) is 0 Å². The first-order valence-electron chi connectivity index (χ1n) is 8.45. The highest BCUT2D eigenvalue weighted by Gasteiger charge is 2.30. The largest absolute Gasteiger partial charge is 0.457 e. The summed E-state index contributed by atoms with van der Waals surface area (Å²) in [6.45, 7) is 1.96. The van der Waals surface area contributed by atoms with Crippen LogP contribution in [0.1, 0.15) is 11.1 Å². The minimum atomic E-state index is -4.37. The Hall–Kier alpha value is -2.58. The minimum absolute atomic E-state index is 0.125. The molecule has 1 saturated heterocycles. The average Bonchev–Trinajstić information content (AvgIpc) is 2.67. The zero-order valence-electron chi connectivity index (χ0n) is 14.4. The first-order valence-corrected chi connectivity index (χ1v) is 8.45. The summed E-state index contributed by atoms with van der Waals surface area (Å²) in [5.41, 5.74) is 0.152. The third kappa shape index (κ3) is 5.45. The number of ether oxygens (including phenoxy) is 2. The Bertz CT molecular complexity index is 755. The highest BCUT2D eigenvalue weighted by Crippen LogP contribution is 2.31. The lowest BCUT2D eigenvalue weighted by Gasteiger charge is -2.22. The number of carbonyl (C=O) groups is 1. The molecule has 5 nitrogen and oxygen atoms in total. The number of hydrogen-bond donors (Lipinski definition) is 2. The summed E-state index contributed by atoms with van der Waals surface area (Å²) < 4.78 is 48.5. The van der Waals surface area contributed by atoms with Crippen molar-refractivity contribution in [2.24, 2.45) is 0 Å². The van der Waals surface area contributed by atoms with Crippen LogP contribution >= 0.6 is 0 Å². The van der Waals surface area contributed by atoms with Gasteiger partial charge in [0.1, 0.15) is 17.5 Å². The molecule has 0 aromatic heterocycles. The zero-order valence-corrected chi connectivity index (χ0v) is 14.4. The van der Waals surface area contributed by atoms with Crippen molar-refractivity contribution in [2.75, 3.05) is 19.8 Å². The van der Waals surface area contributed by atoms with Gasteiger partial charge in [-0.1, -0.05) is 12.1 Å². The van der Waals surface area contributed by atoms with Gasteiger partial charge in [0.25, 0.3) is 0 Å². The number of nitrogens with one attached hydrogen (secondary N) is 2. The fourth-order valence-electron chi connectivity index (χ4n) is 2.57. The summed E-state index contributed by atoms with van der Waals surface area (Å²) in [4.78, 5) is 12.0. The Morgan fingerprint density at radius 2 is 1.74 bits per heavy atom. The van der Waals surface area contributed by atoms with E-state index in [2.05, 4.69) is 10.6 Å². The van der Waals surface area contributed by atoms with Gasteiger partial charge in [-0.15, -0.1) is 0 Å². The quantitative estimate of drug-likeness (QED) is 0.837. The number of hydrogen-bond acceptors (Lipinski definition) is 4. The highest BCUT2D eigenvalue weighted by molar-refractivity contribution is 5.81. The Morgan fingerprint density at radius 1 is 1.11 bits per heavy atom.